The monoisotopic (exact) mass is 320 g/mol. The van der Waals surface area contributed by atoms with Crippen LogP contribution >= 0.6 is 47.4 Å². The van der Waals surface area contributed by atoms with Crippen LogP contribution in [0.5, 0.6) is 0 Å². The normalized spacial score (nSPS) is 9.89. The molecule has 0 unspecified atom stereocenters. The number of hydrogen-bond acceptors (Lipinski definition) is 3. The molecule has 2 nitrogen and oxygen atoms in total. The maximum absolute atomic E-state index is 5.93. The van der Waals surface area contributed by atoms with Crippen molar-refractivity contribution in [2.45, 2.75) is 9.79 Å². The Morgan fingerprint density at radius 3 is 1.56 bits per heavy atom. The van der Waals surface area contributed by atoms with Crippen molar-refractivity contribution in [1.82, 2.24) is 0 Å². The van der Waals surface area contributed by atoms with Gasteiger partial charge in [-0.3, -0.25) is 0 Å². The molecule has 0 heterocycles. The molecule has 0 fully saturated rings. The minimum atomic E-state index is 0. The lowest BCUT2D eigenvalue weighted by Crippen LogP contribution is -1.91. The van der Waals surface area contributed by atoms with Crippen LogP contribution < -0.4 is 11.5 Å². The van der Waals surface area contributed by atoms with Crippen LogP contribution in [0.15, 0.2) is 46.2 Å². The summed E-state index contributed by atoms with van der Waals surface area (Å²) in [6.07, 6.45) is 0. The van der Waals surface area contributed by atoms with Crippen LogP contribution in [0.2, 0.25) is 10.0 Å². The fraction of sp³-hybridized carbons (Fsp3) is 0. The summed E-state index contributed by atoms with van der Waals surface area (Å²) < 4.78 is 0. The van der Waals surface area contributed by atoms with Gasteiger partial charge in [-0.1, -0.05) is 35.0 Å². The van der Waals surface area contributed by atoms with E-state index < -0.39 is 0 Å². The molecule has 2 rings (SSSR count). The van der Waals surface area contributed by atoms with Gasteiger partial charge in [-0.25, -0.2) is 0 Å². The van der Waals surface area contributed by atoms with Gasteiger partial charge < -0.3 is 11.5 Å². The molecule has 0 aliphatic carbocycles. The van der Waals surface area contributed by atoms with E-state index >= 15 is 0 Å². The van der Waals surface area contributed by atoms with E-state index in [1.54, 1.807) is 24.3 Å². The van der Waals surface area contributed by atoms with E-state index in [1.807, 2.05) is 12.1 Å². The van der Waals surface area contributed by atoms with Crippen LogP contribution in [0.25, 0.3) is 0 Å². The second-order valence-corrected chi connectivity index (χ2v) is 5.42. The van der Waals surface area contributed by atoms with Crippen molar-refractivity contribution < 1.29 is 0 Å². The van der Waals surface area contributed by atoms with Crippen LogP contribution in [-0.2, 0) is 0 Å². The van der Waals surface area contributed by atoms with Crippen LogP contribution in [-0.4, -0.2) is 0 Å². The Balaban J connectivity index is 0.00000162. The van der Waals surface area contributed by atoms with Gasteiger partial charge in [-0.05, 0) is 36.4 Å². The molecule has 0 aromatic heterocycles. The van der Waals surface area contributed by atoms with Crippen LogP contribution in [0, 0.1) is 0 Å². The second kappa shape index (κ2) is 6.43. The van der Waals surface area contributed by atoms with Crippen LogP contribution in [0.4, 0.5) is 11.4 Å². The zero-order chi connectivity index (χ0) is 12.4. The highest BCUT2D eigenvalue weighted by atomic mass is 35.5. The molecule has 0 saturated carbocycles. The standard InChI is InChI=1S/C12H10Cl2N2S.ClH/c13-7-1-3-9(15)11(5-7)17-12-6-8(14)2-4-10(12)16;/h1-6H,15-16H2;1H. The van der Waals surface area contributed by atoms with Crippen molar-refractivity contribution in [2.24, 2.45) is 0 Å². The highest BCUT2D eigenvalue weighted by Gasteiger charge is 2.06. The van der Waals surface area contributed by atoms with E-state index in [9.17, 15) is 0 Å². The summed E-state index contributed by atoms with van der Waals surface area (Å²) >= 11 is 13.3. The van der Waals surface area contributed by atoms with Crippen molar-refractivity contribution in [3.8, 4) is 0 Å². The Morgan fingerprint density at radius 1 is 0.778 bits per heavy atom. The van der Waals surface area contributed by atoms with E-state index in [1.165, 1.54) is 11.8 Å². The molecule has 4 N–H and O–H groups in total. The smallest absolute Gasteiger partial charge is 0.0456 e. The van der Waals surface area contributed by atoms with Gasteiger partial charge in [0.25, 0.3) is 0 Å². The summed E-state index contributed by atoms with van der Waals surface area (Å²) in [5.41, 5.74) is 13.1. The molecule has 96 valence electrons. The molecule has 18 heavy (non-hydrogen) atoms. The van der Waals surface area contributed by atoms with E-state index in [4.69, 9.17) is 34.7 Å². The minimum Gasteiger partial charge on any atom is -0.398 e. The van der Waals surface area contributed by atoms with Gasteiger partial charge in [0.1, 0.15) is 0 Å². The predicted octanol–water partition coefficient (Wildman–Crippen LogP) is 4.73. The summed E-state index contributed by atoms with van der Waals surface area (Å²) in [5.74, 6) is 0. The average molecular weight is 322 g/mol. The third kappa shape index (κ3) is 3.62. The first-order chi connectivity index (χ1) is 8.06. The molecular weight excluding hydrogens is 311 g/mol. The molecule has 0 amide bonds. The molecule has 0 aliphatic rings. The van der Waals surface area contributed by atoms with Crippen LogP contribution in [0.1, 0.15) is 0 Å². The van der Waals surface area contributed by atoms with Crippen molar-refractivity contribution in [1.29, 1.82) is 0 Å². The summed E-state index contributed by atoms with van der Waals surface area (Å²) in [7, 11) is 0. The van der Waals surface area contributed by atoms with E-state index in [-0.39, 0.29) is 12.4 Å². The fourth-order valence-electron chi connectivity index (χ4n) is 1.31. The molecular formula is C12H11Cl3N2S. The van der Waals surface area contributed by atoms with Crippen molar-refractivity contribution >= 4 is 58.7 Å². The molecule has 2 aromatic rings. The largest absolute Gasteiger partial charge is 0.398 e. The highest BCUT2D eigenvalue weighted by Crippen LogP contribution is 2.37. The number of nitrogens with two attached hydrogens (primary N) is 2. The van der Waals surface area contributed by atoms with Gasteiger partial charge in [0.15, 0.2) is 0 Å². The Bertz CT molecular complexity index is 512. The molecule has 0 saturated heterocycles. The maximum Gasteiger partial charge on any atom is 0.0456 e. The maximum atomic E-state index is 5.93. The molecule has 0 spiro atoms. The van der Waals surface area contributed by atoms with E-state index in [0.29, 0.717) is 21.4 Å². The van der Waals surface area contributed by atoms with Gasteiger partial charge in [0.05, 0.1) is 0 Å². The molecule has 2 aromatic carbocycles. The molecule has 0 radical (unpaired) electrons. The second-order valence-electron chi connectivity index (χ2n) is 3.47. The average Bonchev–Trinajstić information content (AvgIpc) is 2.28. The van der Waals surface area contributed by atoms with Crippen LogP contribution in [0.3, 0.4) is 0 Å². The first-order valence-electron chi connectivity index (χ1n) is 4.84. The Labute approximate surface area is 126 Å². The first kappa shape index (κ1) is 15.3. The first-order valence-corrected chi connectivity index (χ1v) is 6.41. The summed E-state index contributed by atoms with van der Waals surface area (Å²) in [5, 5.41) is 1.28. The number of benzene rings is 2. The number of anilines is 2. The minimum absolute atomic E-state index is 0. The number of halogens is 3. The lowest BCUT2D eigenvalue weighted by molar-refractivity contribution is 1.41. The summed E-state index contributed by atoms with van der Waals surface area (Å²) in [4.78, 5) is 1.73. The van der Waals surface area contributed by atoms with Gasteiger partial charge in [0.2, 0.25) is 0 Å². The number of hydrogen-bond donors (Lipinski definition) is 2. The predicted molar refractivity (Wildman–Crippen MR) is 83.1 cm³/mol. The van der Waals surface area contributed by atoms with Gasteiger partial charge >= 0.3 is 0 Å². The highest BCUT2D eigenvalue weighted by molar-refractivity contribution is 7.99. The topological polar surface area (TPSA) is 52.0 Å². The lowest BCUT2D eigenvalue weighted by Gasteiger charge is -2.08. The molecule has 0 bridgehead atoms. The zero-order valence-electron chi connectivity index (χ0n) is 9.19. The molecule has 6 heteroatoms. The Morgan fingerprint density at radius 2 is 1.17 bits per heavy atom. The van der Waals surface area contributed by atoms with Crippen molar-refractivity contribution in [3.05, 3.63) is 46.4 Å². The van der Waals surface area contributed by atoms with E-state index in [0.717, 1.165) is 9.79 Å². The van der Waals surface area contributed by atoms with E-state index in [2.05, 4.69) is 0 Å². The zero-order valence-corrected chi connectivity index (χ0v) is 12.3. The van der Waals surface area contributed by atoms with Crippen molar-refractivity contribution in [2.75, 3.05) is 11.5 Å². The van der Waals surface area contributed by atoms with Gasteiger partial charge in [-0.2, -0.15) is 0 Å². The number of nitrogen functional groups attached to an aromatic ring is 2. The SMILES string of the molecule is Cl.Nc1ccc(Cl)cc1Sc1cc(Cl)ccc1N. The third-order valence-corrected chi connectivity index (χ3v) is 3.79. The quantitative estimate of drug-likeness (QED) is 0.786. The molecule has 0 atom stereocenters. The molecule has 0 aliphatic heterocycles. The third-order valence-electron chi connectivity index (χ3n) is 2.17. The summed E-state index contributed by atoms with van der Waals surface area (Å²) in [6, 6.07) is 10.7. The Hall–Kier alpha value is -0.740. The summed E-state index contributed by atoms with van der Waals surface area (Å²) in [6.45, 7) is 0. The number of rotatable bonds is 2. The van der Waals surface area contributed by atoms with Gasteiger partial charge in [0, 0.05) is 31.2 Å². The Kier molecular flexibility index (Phi) is 5.47. The van der Waals surface area contributed by atoms with Gasteiger partial charge in [-0.15, -0.1) is 12.4 Å². The lowest BCUT2D eigenvalue weighted by atomic mass is 10.3. The fourth-order valence-corrected chi connectivity index (χ4v) is 2.77. The van der Waals surface area contributed by atoms with Crippen molar-refractivity contribution in [3.63, 3.8) is 0 Å².